The number of pyridine rings is 1. The molecule has 2 fully saturated rings. The third kappa shape index (κ3) is 7.22. The summed E-state index contributed by atoms with van der Waals surface area (Å²) in [6, 6.07) is 19.0. The van der Waals surface area contributed by atoms with Gasteiger partial charge in [0.15, 0.2) is 0 Å². The zero-order chi connectivity index (χ0) is 29.8. The standard InChI is InChI=1S/C33H40N8O2/c1-39-10-12-41(13-11-39)20-23-6-8-24(9-7-23)25-4-3-5-30(14-25)43-22-29-16-28(19-35-29)38-33(42)31-15-26(17-36-32(31)34)27-18-37-40(2)21-27/h3-9,14-15,17-18,21,28-29,35H,10-13,16,19-20,22H2,1-2H3,(H2,34,36)(H,38,42)/t28-,29-/m0/s1. The van der Waals surface area contributed by atoms with Crippen molar-refractivity contribution in [2.75, 3.05) is 52.1 Å². The Balaban J connectivity index is 0.999. The van der Waals surface area contributed by atoms with Crippen molar-refractivity contribution in [2.45, 2.75) is 25.0 Å². The lowest BCUT2D eigenvalue weighted by atomic mass is 10.0. The number of likely N-dealkylation sites (N-methyl/N-ethyl adjacent to an activating group) is 1. The minimum Gasteiger partial charge on any atom is -0.492 e. The normalized spacial score (nSPS) is 19.4. The molecule has 0 bridgehead atoms. The molecule has 4 heterocycles. The average Bonchev–Trinajstić information content (AvgIpc) is 3.66. The number of benzene rings is 2. The molecule has 2 saturated heterocycles. The highest BCUT2D eigenvalue weighted by atomic mass is 16.5. The molecule has 0 saturated carbocycles. The summed E-state index contributed by atoms with van der Waals surface area (Å²) in [5.41, 5.74) is 11.8. The van der Waals surface area contributed by atoms with Gasteiger partial charge in [-0.1, -0.05) is 36.4 Å². The largest absolute Gasteiger partial charge is 0.492 e. The highest BCUT2D eigenvalue weighted by Gasteiger charge is 2.27. The molecule has 1 amide bonds. The molecule has 10 heteroatoms. The molecule has 2 atom stereocenters. The molecular weight excluding hydrogens is 540 g/mol. The summed E-state index contributed by atoms with van der Waals surface area (Å²) in [5.74, 6) is 0.811. The Morgan fingerprint density at radius 3 is 2.58 bits per heavy atom. The van der Waals surface area contributed by atoms with Gasteiger partial charge in [-0.25, -0.2) is 4.98 Å². The van der Waals surface area contributed by atoms with E-state index in [0.29, 0.717) is 18.7 Å². The van der Waals surface area contributed by atoms with Gasteiger partial charge in [-0.3, -0.25) is 14.4 Å². The summed E-state index contributed by atoms with van der Waals surface area (Å²) in [4.78, 5) is 22.2. The number of aryl methyl sites for hydroxylation is 1. The monoisotopic (exact) mass is 580 g/mol. The summed E-state index contributed by atoms with van der Waals surface area (Å²) in [6.45, 7) is 6.67. The number of nitrogens with two attached hydrogens (primary N) is 1. The van der Waals surface area contributed by atoms with Crippen LogP contribution in [0, 0.1) is 0 Å². The number of nitrogens with one attached hydrogen (secondary N) is 2. The highest BCUT2D eigenvalue weighted by Crippen LogP contribution is 2.26. The number of rotatable bonds is 9. The minimum absolute atomic E-state index is 0.0294. The van der Waals surface area contributed by atoms with Crippen molar-refractivity contribution in [1.82, 2.24) is 35.2 Å². The first-order valence-corrected chi connectivity index (χ1v) is 14.9. The Morgan fingerprint density at radius 2 is 1.81 bits per heavy atom. The maximum atomic E-state index is 13.1. The van der Waals surface area contributed by atoms with Gasteiger partial charge in [0, 0.05) is 81.9 Å². The summed E-state index contributed by atoms with van der Waals surface area (Å²) < 4.78 is 7.89. The molecule has 0 spiro atoms. The van der Waals surface area contributed by atoms with Crippen LogP contribution in [0.5, 0.6) is 5.75 Å². The van der Waals surface area contributed by atoms with Gasteiger partial charge in [0.2, 0.25) is 0 Å². The molecule has 10 nitrogen and oxygen atoms in total. The molecule has 2 aromatic carbocycles. The maximum Gasteiger partial charge on any atom is 0.255 e. The van der Waals surface area contributed by atoms with E-state index in [4.69, 9.17) is 10.5 Å². The van der Waals surface area contributed by atoms with Crippen molar-refractivity contribution in [3.63, 3.8) is 0 Å². The number of piperazine rings is 1. The number of nitrogens with zero attached hydrogens (tertiary/aromatic N) is 5. The van der Waals surface area contributed by atoms with E-state index in [1.165, 1.54) is 11.1 Å². The van der Waals surface area contributed by atoms with Crippen LogP contribution in [0.25, 0.3) is 22.3 Å². The van der Waals surface area contributed by atoms with Gasteiger partial charge >= 0.3 is 0 Å². The molecule has 0 unspecified atom stereocenters. The molecule has 4 N–H and O–H groups in total. The van der Waals surface area contributed by atoms with Crippen LogP contribution >= 0.6 is 0 Å². The molecule has 2 aliphatic heterocycles. The van der Waals surface area contributed by atoms with E-state index in [1.807, 2.05) is 25.4 Å². The lowest BCUT2D eigenvalue weighted by Gasteiger charge is -2.32. The van der Waals surface area contributed by atoms with Crippen LogP contribution in [0.15, 0.2) is 73.2 Å². The Labute approximate surface area is 252 Å². The molecule has 43 heavy (non-hydrogen) atoms. The first-order valence-electron chi connectivity index (χ1n) is 14.9. The third-order valence-corrected chi connectivity index (χ3v) is 8.33. The van der Waals surface area contributed by atoms with Gasteiger partial charge in [-0.2, -0.15) is 5.10 Å². The number of carbonyl (C=O) groups excluding carboxylic acids is 1. The van der Waals surface area contributed by atoms with E-state index < -0.39 is 0 Å². The molecule has 0 aliphatic carbocycles. The van der Waals surface area contributed by atoms with E-state index in [2.05, 4.69) is 74.0 Å². The number of amides is 1. The van der Waals surface area contributed by atoms with Crippen LogP contribution in [-0.2, 0) is 13.6 Å². The van der Waals surface area contributed by atoms with Crippen molar-refractivity contribution < 1.29 is 9.53 Å². The fraction of sp³-hybridized carbons (Fsp3) is 0.364. The third-order valence-electron chi connectivity index (χ3n) is 8.33. The number of anilines is 1. The number of hydrogen-bond donors (Lipinski definition) is 3. The summed E-state index contributed by atoms with van der Waals surface area (Å²) in [7, 11) is 4.03. The first kappa shape index (κ1) is 28.9. The number of nitrogen functional groups attached to an aromatic ring is 1. The number of hydrogen-bond acceptors (Lipinski definition) is 8. The number of carbonyl (C=O) groups is 1. The minimum atomic E-state index is -0.230. The first-order chi connectivity index (χ1) is 20.9. The Hall–Kier alpha value is -4.25. The van der Waals surface area contributed by atoms with Crippen LogP contribution < -0.4 is 21.1 Å². The van der Waals surface area contributed by atoms with Gasteiger partial charge in [-0.15, -0.1) is 0 Å². The summed E-state index contributed by atoms with van der Waals surface area (Å²) >= 11 is 0. The van der Waals surface area contributed by atoms with E-state index in [1.54, 1.807) is 23.1 Å². The zero-order valence-corrected chi connectivity index (χ0v) is 24.9. The fourth-order valence-corrected chi connectivity index (χ4v) is 5.73. The molecule has 2 aliphatic rings. The smallest absolute Gasteiger partial charge is 0.255 e. The lowest BCUT2D eigenvalue weighted by Crippen LogP contribution is -2.43. The number of ether oxygens (including phenoxy) is 1. The van der Waals surface area contributed by atoms with Crippen molar-refractivity contribution in [3.05, 3.63) is 84.3 Å². The van der Waals surface area contributed by atoms with Crippen molar-refractivity contribution >= 4 is 11.7 Å². The SMILES string of the molecule is CN1CCN(Cc2ccc(-c3cccc(OC[C@@H]4C[C@H](NC(=O)c5cc(-c6cnn(C)c6)cnc5N)CN4)c3)cc2)CC1. The van der Waals surface area contributed by atoms with Crippen LogP contribution in [0.4, 0.5) is 5.82 Å². The quantitative estimate of drug-likeness (QED) is 0.277. The second-order valence-electron chi connectivity index (χ2n) is 11.7. The van der Waals surface area contributed by atoms with E-state index in [0.717, 1.165) is 61.6 Å². The van der Waals surface area contributed by atoms with Crippen LogP contribution in [0.2, 0.25) is 0 Å². The van der Waals surface area contributed by atoms with Crippen molar-refractivity contribution in [1.29, 1.82) is 0 Å². The van der Waals surface area contributed by atoms with Gasteiger partial charge < -0.3 is 26.0 Å². The lowest BCUT2D eigenvalue weighted by molar-refractivity contribution is 0.0940. The molecule has 4 aromatic rings. The van der Waals surface area contributed by atoms with Gasteiger partial charge in [0.1, 0.15) is 18.2 Å². The van der Waals surface area contributed by atoms with Crippen molar-refractivity contribution in [2.24, 2.45) is 7.05 Å². The topological polar surface area (TPSA) is 114 Å². The molecule has 6 rings (SSSR count). The van der Waals surface area contributed by atoms with Crippen LogP contribution in [0.3, 0.4) is 0 Å². The summed E-state index contributed by atoms with van der Waals surface area (Å²) in [5, 5.41) is 10.8. The van der Waals surface area contributed by atoms with Crippen molar-refractivity contribution in [3.8, 4) is 28.0 Å². The second kappa shape index (κ2) is 12.9. The molecule has 224 valence electrons. The average molecular weight is 581 g/mol. The van der Waals surface area contributed by atoms with Crippen LogP contribution in [0.1, 0.15) is 22.3 Å². The maximum absolute atomic E-state index is 13.1. The van der Waals surface area contributed by atoms with Crippen LogP contribution in [-0.4, -0.2) is 88.9 Å². The summed E-state index contributed by atoms with van der Waals surface area (Å²) in [6.07, 6.45) is 6.03. The zero-order valence-electron chi connectivity index (χ0n) is 24.9. The molecule has 2 aromatic heterocycles. The highest BCUT2D eigenvalue weighted by molar-refractivity contribution is 5.99. The van der Waals surface area contributed by atoms with E-state index >= 15 is 0 Å². The van der Waals surface area contributed by atoms with E-state index in [-0.39, 0.29) is 23.8 Å². The number of aromatic nitrogens is 3. The Morgan fingerprint density at radius 1 is 1.00 bits per heavy atom. The second-order valence-corrected chi connectivity index (χ2v) is 11.7. The predicted molar refractivity (Wildman–Crippen MR) is 169 cm³/mol. The fourth-order valence-electron chi connectivity index (χ4n) is 5.73. The predicted octanol–water partition coefficient (Wildman–Crippen LogP) is 3.02. The van der Waals surface area contributed by atoms with E-state index in [9.17, 15) is 4.79 Å². The molecule has 0 radical (unpaired) electrons. The van der Waals surface area contributed by atoms with Gasteiger partial charge in [0.25, 0.3) is 5.91 Å². The Bertz CT molecular complexity index is 1540. The Kier molecular flexibility index (Phi) is 8.69. The van der Waals surface area contributed by atoms with Gasteiger partial charge in [-0.05, 0) is 48.4 Å². The molecular formula is C33H40N8O2. The van der Waals surface area contributed by atoms with Gasteiger partial charge in [0.05, 0.1) is 11.8 Å².